The lowest BCUT2D eigenvalue weighted by Crippen LogP contribution is -2.52. The number of urea groups is 1. The predicted molar refractivity (Wildman–Crippen MR) is 58.3 cm³/mol. The maximum atomic E-state index is 13.9. The van der Waals surface area contributed by atoms with Gasteiger partial charge in [-0.05, 0) is 6.42 Å². The van der Waals surface area contributed by atoms with Crippen molar-refractivity contribution < 1.29 is 23.8 Å². The minimum atomic E-state index is -3.44. The summed E-state index contributed by atoms with van der Waals surface area (Å²) in [7, 11) is 0. The van der Waals surface area contributed by atoms with Crippen LogP contribution in [0.25, 0.3) is 0 Å². The number of carbonyl (C=O) groups excluding carboxylic acids is 1. The molecule has 1 fully saturated rings. The van der Waals surface area contributed by atoms with Gasteiger partial charge in [-0.25, -0.2) is 13.6 Å². The molecule has 18 heavy (non-hydrogen) atoms. The lowest BCUT2D eigenvalue weighted by molar-refractivity contribution is -0.129. The van der Waals surface area contributed by atoms with E-state index in [1.807, 2.05) is 0 Å². The summed E-state index contributed by atoms with van der Waals surface area (Å²) in [6, 6.07) is -2.25. The van der Waals surface area contributed by atoms with Crippen LogP contribution in [0.5, 0.6) is 0 Å². The van der Waals surface area contributed by atoms with Gasteiger partial charge in [-0.15, -0.1) is 0 Å². The van der Waals surface area contributed by atoms with Crippen LogP contribution in [0.3, 0.4) is 0 Å². The lowest BCUT2D eigenvalue weighted by Gasteiger charge is -2.33. The summed E-state index contributed by atoms with van der Waals surface area (Å²) >= 11 is 0. The Bertz CT molecular complexity index is 389. The predicted octanol–water partition coefficient (Wildman–Crippen LogP) is -0.454. The fourth-order valence-electron chi connectivity index (χ4n) is 2.46. The van der Waals surface area contributed by atoms with E-state index in [9.17, 15) is 18.7 Å². The van der Waals surface area contributed by atoms with E-state index >= 15 is 0 Å². The van der Waals surface area contributed by atoms with Crippen molar-refractivity contribution in [3.05, 3.63) is 0 Å². The van der Waals surface area contributed by atoms with Gasteiger partial charge in [0.1, 0.15) is 18.0 Å². The molecule has 0 aromatic carbocycles. The molecule has 4 N–H and O–H groups in total. The molecule has 0 aromatic heterocycles. The van der Waals surface area contributed by atoms with E-state index in [0.29, 0.717) is 0 Å². The first-order valence-electron chi connectivity index (χ1n) is 5.68. The molecule has 1 aliphatic carbocycles. The van der Waals surface area contributed by atoms with Gasteiger partial charge in [-0.2, -0.15) is 4.99 Å². The van der Waals surface area contributed by atoms with E-state index < -0.39 is 36.6 Å². The highest BCUT2D eigenvalue weighted by atomic mass is 19.3. The van der Waals surface area contributed by atoms with Crippen molar-refractivity contribution in [2.75, 3.05) is 13.2 Å². The van der Waals surface area contributed by atoms with E-state index in [1.54, 1.807) is 0 Å². The number of aliphatic hydroxyl groups is 2. The Hall–Kier alpha value is -1.28. The topological polar surface area (TPSA) is 99.2 Å². The third-order valence-corrected chi connectivity index (χ3v) is 3.52. The zero-order valence-corrected chi connectivity index (χ0v) is 9.59. The number of aliphatic imine (C=N–C) groups is 1. The summed E-state index contributed by atoms with van der Waals surface area (Å²) in [4.78, 5) is 15.9. The van der Waals surface area contributed by atoms with Crippen LogP contribution in [0, 0.1) is 5.92 Å². The van der Waals surface area contributed by atoms with Crippen LogP contribution < -0.4 is 5.73 Å². The number of amidine groups is 1. The standard InChI is InChI=1S/C10H15F2N3O3/c11-10(12)6(3-5(4-16)8(10)17)15-2-1-7(13)14-9(15)18/h5-6,8,16-17H,1-4H2,(H2,13,14,18)/t5-,6?,8?/m1/s1. The number of nitrogens with zero attached hydrogens (tertiary/aromatic N) is 2. The van der Waals surface area contributed by atoms with Gasteiger partial charge in [-0.3, -0.25) is 0 Å². The van der Waals surface area contributed by atoms with Gasteiger partial charge in [0.2, 0.25) is 0 Å². The summed E-state index contributed by atoms with van der Waals surface area (Å²) in [5, 5.41) is 18.4. The third-order valence-electron chi connectivity index (χ3n) is 3.52. The monoisotopic (exact) mass is 263 g/mol. The molecule has 0 bridgehead atoms. The molecule has 2 rings (SSSR count). The van der Waals surface area contributed by atoms with Crippen molar-refractivity contribution in [2.24, 2.45) is 16.6 Å². The molecule has 0 saturated heterocycles. The Morgan fingerprint density at radius 3 is 2.72 bits per heavy atom. The summed E-state index contributed by atoms with van der Waals surface area (Å²) < 4.78 is 27.7. The Balaban J connectivity index is 2.21. The van der Waals surface area contributed by atoms with Crippen molar-refractivity contribution >= 4 is 11.9 Å². The number of halogens is 2. The fourth-order valence-corrected chi connectivity index (χ4v) is 2.46. The molecule has 1 aliphatic heterocycles. The van der Waals surface area contributed by atoms with Crippen molar-refractivity contribution in [3.8, 4) is 0 Å². The van der Waals surface area contributed by atoms with Crippen molar-refractivity contribution in [2.45, 2.75) is 30.9 Å². The second-order valence-corrected chi connectivity index (χ2v) is 4.64. The maximum Gasteiger partial charge on any atom is 0.345 e. The first-order valence-corrected chi connectivity index (χ1v) is 5.68. The van der Waals surface area contributed by atoms with Crippen molar-refractivity contribution in [1.29, 1.82) is 0 Å². The minimum absolute atomic E-state index is 0.0549. The minimum Gasteiger partial charge on any atom is -0.396 e. The number of hydrogen-bond acceptors (Lipinski definition) is 4. The molecule has 0 aromatic rings. The Kier molecular flexibility index (Phi) is 3.24. The molecule has 8 heteroatoms. The Morgan fingerprint density at radius 2 is 2.22 bits per heavy atom. The molecule has 102 valence electrons. The average molecular weight is 263 g/mol. The normalized spacial score (nSPS) is 35.8. The highest BCUT2D eigenvalue weighted by Gasteiger charge is 2.59. The Labute approximate surface area is 102 Å². The lowest BCUT2D eigenvalue weighted by atomic mass is 10.1. The van der Waals surface area contributed by atoms with Crippen molar-refractivity contribution in [3.63, 3.8) is 0 Å². The van der Waals surface area contributed by atoms with E-state index in [0.717, 1.165) is 4.90 Å². The van der Waals surface area contributed by atoms with Gasteiger partial charge < -0.3 is 20.8 Å². The van der Waals surface area contributed by atoms with Crippen LogP contribution in [0.15, 0.2) is 4.99 Å². The number of alkyl halides is 2. The fraction of sp³-hybridized carbons (Fsp3) is 0.800. The average Bonchev–Trinajstić information content (AvgIpc) is 2.52. The summed E-state index contributed by atoms with van der Waals surface area (Å²) in [5.41, 5.74) is 5.36. The second kappa shape index (κ2) is 4.43. The maximum absolute atomic E-state index is 13.9. The molecule has 6 nitrogen and oxygen atoms in total. The smallest absolute Gasteiger partial charge is 0.345 e. The summed E-state index contributed by atoms with van der Waals surface area (Å²) in [6.07, 6.45) is -1.85. The zero-order chi connectivity index (χ0) is 13.5. The second-order valence-electron chi connectivity index (χ2n) is 4.64. The number of nitrogens with two attached hydrogens (primary N) is 1. The largest absolute Gasteiger partial charge is 0.396 e. The quantitative estimate of drug-likeness (QED) is 0.628. The van der Waals surface area contributed by atoms with E-state index in [2.05, 4.69) is 4.99 Å². The first-order chi connectivity index (χ1) is 8.37. The van der Waals surface area contributed by atoms with Gasteiger partial charge in [0.05, 0.1) is 0 Å². The first kappa shape index (κ1) is 13.2. The van der Waals surface area contributed by atoms with E-state index in [4.69, 9.17) is 10.8 Å². The highest BCUT2D eigenvalue weighted by Crippen LogP contribution is 2.42. The molecule has 2 unspecified atom stereocenters. The van der Waals surface area contributed by atoms with Gasteiger partial charge >= 0.3 is 6.03 Å². The van der Waals surface area contributed by atoms with Gasteiger partial charge in [-0.1, -0.05) is 0 Å². The number of carbonyl (C=O) groups is 1. The van der Waals surface area contributed by atoms with Crippen LogP contribution in [0.1, 0.15) is 12.8 Å². The SMILES string of the molecule is NC1=NC(=O)N(C2C[C@H](CO)C(O)C2(F)F)CC1. The van der Waals surface area contributed by atoms with Crippen LogP contribution >= 0.6 is 0 Å². The molecule has 2 aliphatic rings. The zero-order valence-electron chi connectivity index (χ0n) is 9.59. The molecular formula is C10H15F2N3O3. The molecule has 0 spiro atoms. The third kappa shape index (κ3) is 1.95. The van der Waals surface area contributed by atoms with Crippen LogP contribution in [0.4, 0.5) is 13.6 Å². The van der Waals surface area contributed by atoms with Crippen LogP contribution in [-0.2, 0) is 0 Å². The van der Waals surface area contributed by atoms with Gasteiger partial charge in [0.25, 0.3) is 5.92 Å². The van der Waals surface area contributed by atoms with Gasteiger partial charge in [0, 0.05) is 25.5 Å². The molecule has 1 saturated carbocycles. The van der Waals surface area contributed by atoms with Gasteiger partial charge in [0.15, 0.2) is 0 Å². The van der Waals surface area contributed by atoms with Crippen molar-refractivity contribution in [1.82, 2.24) is 4.90 Å². The van der Waals surface area contributed by atoms with Crippen LogP contribution in [0.2, 0.25) is 0 Å². The molecular weight excluding hydrogens is 248 g/mol. The number of aliphatic hydroxyl groups excluding tert-OH is 2. The highest BCUT2D eigenvalue weighted by molar-refractivity contribution is 5.95. The molecule has 2 amide bonds. The molecule has 3 atom stereocenters. The van der Waals surface area contributed by atoms with E-state index in [-0.39, 0.29) is 25.2 Å². The van der Waals surface area contributed by atoms with Crippen LogP contribution in [-0.4, -0.2) is 58.2 Å². The molecule has 1 heterocycles. The number of amides is 2. The number of hydrogen-bond donors (Lipinski definition) is 3. The number of rotatable bonds is 2. The molecule has 0 radical (unpaired) electrons. The Morgan fingerprint density at radius 1 is 1.56 bits per heavy atom. The summed E-state index contributed by atoms with van der Waals surface area (Å²) in [6.45, 7) is -0.486. The summed E-state index contributed by atoms with van der Waals surface area (Å²) in [5.74, 6) is -4.25. The van der Waals surface area contributed by atoms with E-state index in [1.165, 1.54) is 0 Å².